The smallest absolute Gasteiger partial charge is 0.279 e. The molecule has 0 saturated heterocycles. The lowest BCUT2D eigenvalue weighted by molar-refractivity contribution is 0.0997. The first kappa shape index (κ1) is 15.3. The molecule has 3 nitrogen and oxygen atoms in total. The van der Waals surface area contributed by atoms with Crippen molar-refractivity contribution in [1.82, 2.24) is 4.57 Å². The van der Waals surface area contributed by atoms with Gasteiger partial charge in [0.2, 0.25) is 0 Å². The number of aryl methyl sites for hydroxylation is 3. The lowest BCUT2D eigenvalue weighted by atomic mass is 9.90. The standard InChI is InChI=1S/C20H20N2OS/c1-2-22-17-9-5-6-10-18(17)24-20(22)21-19(23)16-12-11-14-7-3-4-8-15(14)13-16/h5-6,9-13H,2-4,7-8H2,1H3. The van der Waals surface area contributed by atoms with Gasteiger partial charge in [0.1, 0.15) is 0 Å². The molecule has 0 aliphatic heterocycles. The second-order valence-corrected chi connectivity index (χ2v) is 7.21. The highest BCUT2D eigenvalue weighted by Gasteiger charge is 2.13. The topological polar surface area (TPSA) is 34.4 Å². The molecule has 1 aliphatic rings. The Morgan fingerprint density at radius 3 is 2.75 bits per heavy atom. The maximum Gasteiger partial charge on any atom is 0.279 e. The lowest BCUT2D eigenvalue weighted by Crippen LogP contribution is -2.16. The summed E-state index contributed by atoms with van der Waals surface area (Å²) in [6.07, 6.45) is 4.68. The van der Waals surface area contributed by atoms with Crippen LogP contribution in [0.15, 0.2) is 47.5 Å². The van der Waals surface area contributed by atoms with Crippen LogP contribution in [0.2, 0.25) is 0 Å². The molecule has 0 N–H and O–H groups in total. The molecule has 0 fully saturated rings. The van der Waals surface area contributed by atoms with E-state index in [0.717, 1.165) is 34.4 Å². The molecule has 0 bridgehead atoms. The number of benzene rings is 2. The van der Waals surface area contributed by atoms with E-state index in [9.17, 15) is 4.79 Å². The van der Waals surface area contributed by atoms with E-state index in [2.05, 4.69) is 34.7 Å². The van der Waals surface area contributed by atoms with E-state index in [1.165, 1.54) is 24.0 Å². The van der Waals surface area contributed by atoms with Crippen LogP contribution in [0.5, 0.6) is 0 Å². The van der Waals surface area contributed by atoms with Gasteiger partial charge in [0.15, 0.2) is 4.80 Å². The Morgan fingerprint density at radius 1 is 1.12 bits per heavy atom. The van der Waals surface area contributed by atoms with Crippen LogP contribution in [0.3, 0.4) is 0 Å². The molecule has 1 aliphatic carbocycles. The normalized spacial score (nSPS) is 14.8. The highest BCUT2D eigenvalue weighted by atomic mass is 32.1. The van der Waals surface area contributed by atoms with Gasteiger partial charge in [0, 0.05) is 12.1 Å². The Labute approximate surface area is 145 Å². The molecule has 0 spiro atoms. The third kappa shape index (κ3) is 2.71. The molecule has 4 rings (SSSR count). The van der Waals surface area contributed by atoms with Crippen LogP contribution in [0, 0.1) is 0 Å². The van der Waals surface area contributed by atoms with Crippen LogP contribution in [-0.4, -0.2) is 10.5 Å². The van der Waals surface area contributed by atoms with E-state index in [4.69, 9.17) is 0 Å². The summed E-state index contributed by atoms with van der Waals surface area (Å²) in [5.41, 5.74) is 4.56. The number of hydrogen-bond acceptors (Lipinski definition) is 2. The second kappa shape index (κ2) is 6.36. The summed E-state index contributed by atoms with van der Waals surface area (Å²) in [6.45, 7) is 2.89. The Balaban J connectivity index is 1.77. The zero-order chi connectivity index (χ0) is 16.5. The first-order valence-corrected chi connectivity index (χ1v) is 9.37. The van der Waals surface area contributed by atoms with Crippen molar-refractivity contribution in [2.45, 2.75) is 39.2 Å². The predicted octanol–water partition coefficient (Wildman–Crippen LogP) is 4.34. The minimum absolute atomic E-state index is 0.142. The van der Waals surface area contributed by atoms with Crippen molar-refractivity contribution in [2.75, 3.05) is 0 Å². The minimum atomic E-state index is -0.142. The number of aromatic nitrogens is 1. The van der Waals surface area contributed by atoms with Crippen LogP contribution in [0.1, 0.15) is 41.3 Å². The van der Waals surface area contributed by atoms with Crippen molar-refractivity contribution in [3.8, 4) is 0 Å². The van der Waals surface area contributed by atoms with Gasteiger partial charge in [0.05, 0.1) is 10.2 Å². The quantitative estimate of drug-likeness (QED) is 0.685. The zero-order valence-corrected chi connectivity index (χ0v) is 14.6. The summed E-state index contributed by atoms with van der Waals surface area (Å²) in [4.78, 5) is 17.9. The minimum Gasteiger partial charge on any atom is -0.317 e. The summed E-state index contributed by atoms with van der Waals surface area (Å²) in [6, 6.07) is 14.3. The number of nitrogens with zero attached hydrogens (tertiary/aromatic N) is 2. The largest absolute Gasteiger partial charge is 0.317 e. The Bertz CT molecular complexity index is 981. The third-order valence-electron chi connectivity index (χ3n) is 4.70. The van der Waals surface area contributed by atoms with E-state index >= 15 is 0 Å². The number of carbonyl (C=O) groups excluding carboxylic acids is 1. The molecular formula is C20H20N2OS. The monoisotopic (exact) mass is 336 g/mol. The van der Waals surface area contributed by atoms with E-state index < -0.39 is 0 Å². The summed E-state index contributed by atoms with van der Waals surface area (Å²) in [5.74, 6) is -0.142. The van der Waals surface area contributed by atoms with Gasteiger partial charge in [-0.1, -0.05) is 29.5 Å². The van der Waals surface area contributed by atoms with E-state index in [1.807, 2.05) is 24.3 Å². The molecule has 122 valence electrons. The average molecular weight is 336 g/mol. The molecule has 1 aromatic heterocycles. The highest BCUT2D eigenvalue weighted by Crippen LogP contribution is 2.22. The van der Waals surface area contributed by atoms with E-state index in [1.54, 1.807) is 11.3 Å². The summed E-state index contributed by atoms with van der Waals surface area (Å²) in [5, 5.41) is 0. The van der Waals surface area contributed by atoms with Crippen molar-refractivity contribution in [2.24, 2.45) is 4.99 Å². The predicted molar refractivity (Wildman–Crippen MR) is 98.5 cm³/mol. The van der Waals surface area contributed by atoms with Crippen LogP contribution >= 0.6 is 11.3 Å². The van der Waals surface area contributed by atoms with Gasteiger partial charge in [0.25, 0.3) is 5.91 Å². The third-order valence-corrected chi connectivity index (χ3v) is 5.76. The van der Waals surface area contributed by atoms with Gasteiger partial charge in [-0.05, 0) is 68.0 Å². The maximum absolute atomic E-state index is 12.7. The molecule has 24 heavy (non-hydrogen) atoms. The van der Waals surface area contributed by atoms with Crippen molar-refractivity contribution in [3.05, 3.63) is 64.0 Å². The molecule has 4 heteroatoms. The number of para-hydroxylation sites is 1. The summed E-state index contributed by atoms with van der Waals surface area (Å²) >= 11 is 1.58. The van der Waals surface area contributed by atoms with Crippen molar-refractivity contribution >= 4 is 27.5 Å². The highest BCUT2D eigenvalue weighted by molar-refractivity contribution is 7.16. The molecule has 1 heterocycles. The Kier molecular flexibility index (Phi) is 4.07. The Hall–Kier alpha value is -2.20. The Morgan fingerprint density at radius 2 is 1.92 bits per heavy atom. The summed E-state index contributed by atoms with van der Waals surface area (Å²) < 4.78 is 3.27. The molecule has 0 atom stereocenters. The van der Waals surface area contributed by atoms with Crippen LogP contribution in [-0.2, 0) is 19.4 Å². The SMILES string of the molecule is CCn1c(=NC(=O)c2ccc3c(c2)CCCC3)sc2ccccc21. The van der Waals surface area contributed by atoms with Gasteiger partial charge >= 0.3 is 0 Å². The molecule has 1 amide bonds. The van der Waals surface area contributed by atoms with Crippen LogP contribution < -0.4 is 4.80 Å². The van der Waals surface area contributed by atoms with Gasteiger partial charge in [-0.15, -0.1) is 0 Å². The number of amides is 1. The maximum atomic E-state index is 12.7. The van der Waals surface area contributed by atoms with Crippen molar-refractivity contribution in [1.29, 1.82) is 0 Å². The number of carbonyl (C=O) groups is 1. The van der Waals surface area contributed by atoms with E-state index in [-0.39, 0.29) is 5.91 Å². The van der Waals surface area contributed by atoms with Crippen molar-refractivity contribution < 1.29 is 4.79 Å². The molecule has 0 saturated carbocycles. The first-order valence-electron chi connectivity index (χ1n) is 8.55. The molecule has 2 aromatic carbocycles. The fraction of sp³-hybridized carbons (Fsp3) is 0.300. The molecule has 3 aromatic rings. The number of rotatable bonds is 2. The van der Waals surface area contributed by atoms with Crippen LogP contribution in [0.25, 0.3) is 10.2 Å². The first-order chi connectivity index (χ1) is 11.8. The fourth-order valence-electron chi connectivity index (χ4n) is 3.43. The van der Waals surface area contributed by atoms with Gasteiger partial charge in [-0.3, -0.25) is 4.79 Å². The molecular weight excluding hydrogens is 316 g/mol. The number of hydrogen-bond donors (Lipinski definition) is 0. The number of thiazole rings is 1. The van der Waals surface area contributed by atoms with Gasteiger partial charge in [-0.25, -0.2) is 0 Å². The van der Waals surface area contributed by atoms with Gasteiger partial charge < -0.3 is 4.57 Å². The number of fused-ring (bicyclic) bond motifs is 2. The summed E-state index contributed by atoms with van der Waals surface area (Å²) in [7, 11) is 0. The fourth-order valence-corrected chi connectivity index (χ4v) is 4.52. The lowest BCUT2D eigenvalue weighted by Gasteiger charge is -2.15. The second-order valence-electron chi connectivity index (χ2n) is 6.20. The molecule has 0 radical (unpaired) electrons. The van der Waals surface area contributed by atoms with E-state index in [0.29, 0.717) is 5.56 Å². The van der Waals surface area contributed by atoms with Gasteiger partial charge in [-0.2, -0.15) is 4.99 Å². The molecule has 0 unspecified atom stereocenters. The zero-order valence-electron chi connectivity index (χ0n) is 13.8. The van der Waals surface area contributed by atoms with Crippen LogP contribution in [0.4, 0.5) is 0 Å². The average Bonchev–Trinajstić information content (AvgIpc) is 2.98. The van der Waals surface area contributed by atoms with Crippen molar-refractivity contribution in [3.63, 3.8) is 0 Å².